The molecule has 0 saturated carbocycles. The van der Waals surface area contributed by atoms with Gasteiger partial charge in [-0.1, -0.05) is 0 Å². The Morgan fingerprint density at radius 2 is 2.15 bits per heavy atom. The first kappa shape index (κ1) is 10.9. The predicted octanol–water partition coefficient (Wildman–Crippen LogP) is -1.15. The van der Waals surface area contributed by atoms with Crippen LogP contribution >= 0.6 is 0 Å². The molecule has 0 bridgehead atoms. The molecule has 0 aliphatic carbocycles. The quantitative estimate of drug-likeness (QED) is 0.526. The summed E-state index contributed by atoms with van der Waals surface area (Å²) in [7, 11) is 0. The molecule has 4 atom stereocenters. The van der Waals surface area contributed by atoms with Gasteiger partial charge in [0.1, 0.15) is 12.2 Å². The van der Waals surface area contributed by atoms with Crippen LogP contribution < -0.4 is 0 Å². The monoisotopic (exact) mass is 192 g/mol. The van der Waals surface area contributed by atoms with Crippen LogP contribution in [0.1, 0.15) is 13.3 Å². The highest BCUT2D eigenvalue weighted by atomic mass is 16.7. The average molecular weight is 192 g/mol. The van der Waals surface area contributed by atoms with Gasteiger partial charge in [-0.2, -0.15) is 0 Å². The van der Waals surface area contributed by atoms with E-state index in [1.165, 1.54) is 0 Å². The van der Waals surface area contributed by atoms with E-state index in [-0.39, 0.29) is 13.0 Å². The second-order valence-corrected chi connectivity index (χ2v) is 3.04. The van der Waals surface area contributed by atoms with Gasteiger partial charge in [0, 0.05) is 13.0 Å². The van der Waals surface area contributed by atoms with Gasteiger partial charge in [-0.05, 0) is 6.92 Å². The van der Waals surface area contributed by atoms with E-state index < -0.39 is 24.6 Å². The normalized spacial score (nSPS) is 40.6. The van der Waals surface area contributed by atoms with E-state index >= 15 is 0 Å². The molecule has 1 aliphatic heterocycles. The molecule has 13 heavy (non-hydrogen) atoms. The van der Waals surface area contributed by atoms with Crippen LogP contribution in [0.15, 0.2) is 0 Å². The van der Waals surface area contributed by atoms with Crippen molar-refractivity contribution in [2.45, 2.75) is 37.9 Å². The third-order valence-corrected chi connectivity index (χ3v) is 2.07. The largest absolute Gasteiger partial charge is 0.394 e. The SMILES string of the molecule is CCO[C@@H]1C[C@@H](O)[C@H](O)C(CO)O1. The van der Waals surface area contributed by atoms with E-state index in [0.717, 1.165) is 0 Å². The van der Waals surface area contributed by atoms with Crippen LogP contribution in [0, 0.1) is 0 Å². The second kappa shape index (κ2) is 4.88. The van der Waals surface area contributed by atoms with Gasteiger partial charge in [0.05, 0.1) is 12.7 Å². The van der Waals surface area contributed by atoms with Crippen molar-refractivity contribution in [1.29, 1.82) is 0 Å². The summed E-state index contributed by atoms with van der Waals surface area (Å²) >= 11 is 0. The van der Waals surface area contributed by atoms with Crippen LogP contribution in [0.4, 0.5) is 0 Å². The summed E-state index contributed by atoms with van der Waals surface area (Å²) in [5, 5.41) is 27.5. The maximum Gasteiger partial charge on any atom is 0.160 e. The average Bonchev–Trinajstić information content (AvgIpc) is 2.11. The summed E-state index contributed by atoms with van der Waals surface area (Å²) < 4.78 is 10.3. The molecule has 0 amide bonds. The zero-order valence-electron chi connectivity index (χ0n) is 7.59. The fraction of sp³-hybridized carbons (Fsp3) is 1.00. The summed E-state index contributed by atoms with van der Waals surface area (Å²) in [5.74, 6) is 0. The molecule has 1 fully saturated rings. The van der Waals surface area contributed by atoms with E-state index in [4.69, 9.17) is 14.6 Å². The Morgan fingerprint density at radius 3 is 2.69 bits per heavy atom. The minimum absolute atomic E-state index is 0.242. The van der Waals surface area contributed by atoms with Gasteiger partial charge >= 0.3 is 0 Å². The Balaban J connectivity index is 2.47. The van der Waals surface area contributed by atoms with Crippen LogP contribution in [0.25, 0.3) is 0 Å². The molecule has 3 N–H and O–H groups in total. The van der Waals surface area contributed by atoms with Crippen molar-refractivity contribution in [3.8, 4) is 0 Å². The number of ether oxygens (including phenoxy) is 2. The molecule has 0 spiro atoms. The van der Waals surface area contributed by atoms with E-state index in [9.17, 15) is 10.2 Å². The highest BCUT2D eigenvalue weighted by Crippen LogP contribution is 2.20. The first-order valence-corrected chi connectivity index (χ1v) is 4.43. The summed E-state index contributed by atoms with van der Waals surface area (Å²) in [6.45, 7) is 1.97. The molecular formula is C8H16O5. The van der Waals surface area contributed by atoms with Crippen LogP contribution in [-0.4, -0.2) is 53.1 Å². The predicted molar refractivity (Wildman–Crippen MR) is 44.0 cm³/mol. The zero-order chi connectivity index (χ0) is 9.84. The van der Waals surface area contributed by atoms with E-state index in [2.05, 4.69) is 0 Å². The van der Waals surface area contributed by atoms with Gasteiger partial charge in [-0.25, -0.2) is 0 Å². The van der Waals surface area contributed by atoms with Crippen LogP contribution in [0.5, 0.6) is 0 Å². The molecule has 0 aromatic carbocycles. The summed E-state index contributed by atoms with van der Waals surface area (Å²) in [5.41, 5.74) is 0. The van der Waals surface area contributed by atoms with E-state index in [1.54, 1.807) is 0 Å². The van der Waals surface area contributed by atoms with Crippen molar-refractivity contribution in [1.82, 2.24) is 0 Å². The van der Waals surface area contributed by atoms with Gasteiger partial charge in [-0.15, -0.1) is 0 Å². The molecule has 78 valence electrons. The van der Waals surface area contributed by atoms with Crippen molar-refractivity contribution in [2.75, 3.05) is 13.2 Å². The van der Waals surface area contributed by atoms with Gasteiger partial charge < -0.3 is 24.8 Å². The second-order valence-electron chi connectivity index (χ2n) is 3.04. The molecule has 5 nitrogen and oxygen atoms in total. The minimum atomic E-state index is -1.03. The lowest BCUT2D eigenvalue weighted by molar-refractivity contribution is -0.255. The first-order valence-electron chi connectivity index (χ1n) is 4.43. The maximum atomic E-state index is 9.36. The molecule has 1 aliphatic rings. The van der Waals surface area contributed by atoms with Gasteiger partial charge in [-0.3, -0.25) is 0 Å². The fourth-order valence-corrected chi connectivity index (χ4v) is 1.36. The molecule has 0 aromatic rings. The highest BCUT2D eigenvalue weighted by Gasteiger charge is 2.36. The molecule has 1 saturated heterocycles. The standard InChI is InChI=1S/C8H16O5/c1-2-12-7-3-5(10)8(11)6(4-9)13-7/h5-11H,2-4H2,1H3/t5-,6?,7+,8+/m1/s1. The molecular weight excluding hydrogens is 176 g/mol. The van der Waals surface area contributed by atoms with Crippen LogP contribution in [-0.2, 0) is 9.47 Å². The molecule has 1 heterocycles. The zero-order valence-corrected chi connectivity index (χ0v) is 7.59. The van der Waals surface area contributed by atoms with Gasteiger partial charge in [0.25, 0.3) is 0 Å². The molecule has 0 aromatic heterocycles. The molecule has 0 radical (unpaired) electrons. The lowest BCUT2D eigenvalue weighted by Gasteiger charge is -2.35. The number of aliphatic hydroxyl groups is 3. The highest BCUT2D eigenvalue weighted by molar-refractivity contribution is 4.82. The van der Waals surface area contributed by atoms with Crippen molar-refractivity contribution in [2.24, 2.45) is 0 Å². The Kier molecular flexibility index (Phi) is 4.08. The molecule has 1 rings (SSSR count). The Morgan fingerprint density at radius 1 is 1.46 bits per heavy atom. The van der Waals surface area contributed by atoms with Crippen molar-refractivity contribution < 1.29 is 24.8 Å². The third-order valence-electron chi connectivity index (χ3n) is 2.07. The Bertz CT molecular complexity index is 151. The summed E-state index contributed by atoms with van der Waals surface area (Å²) in [4.78, 5) is 0. The number of rotatable bonds is 3. The van der Waals surface area contributed by atoms with E-state index in [0.29, 0.717) is 6.61 Å². The van der Waals surface area contributed by atoms with Gasteiger partial charge in [0.15, 0.2) is 6.29 Å². The topological polar surface area (TPSA) is 79.2 Å². The lowest BCUT2D eigenvalue weighted by Crippen LogP contribution is -2.50. The summed E-state index contributed by atoms with van der Waals surface area (Å²) in [6, 6.07) is 0. The molecule has 1 unspecified atom stereocenters. The van der Waals surface area contributed by atoms with Crippen molar-refractivity contribution in [3.05, 3.63) is 0 Å². The molecule has 5 heteroatoms. The Labute approximate surface area is 76.9 Å². The van der Waals surface area contributed by atoms with Gasteiger partial charge in [0.2, 0.25) is 0 Å². The smallest absolute Gasteiger partial charge is 0.160 e. The Hall–Kier alpha value is -0.200. The maximum absolute atomic E-state index is 9.36. The van der Waals surface area contributed by atoms with Crippen LogP contribution in [0.2, 0.25) is 0 Å². The van der Waals surface area contributed by atoms with Crippen LogP contribution in [0.3, 0.4) is 0 Å². The van der Waals surface area contributed by atoms with Crippen molar-refractivity contribution >= 4 is 0 Å². The summed E-state index contributed by atoms with van der Waals surface area (Å²) in [6.07, 6.45) is -2.95. The lowest BCUT2D eigenvalue weighted by atomic mass is 10.0. The number of hydrogen-bond donors (Lipinski definition) is 3. The van der Waals surface area contributed by atoms with E-state index in [1.807, 2.05) is 6.92 Å². The first-order chi connectivity index (χ1) is 6.19. The van der Waals surface area contributed by atoms with Crippen molar-refractivity contribution in [3.63, 3.8) is 0 Å². The fourth-order valence-electron chi connectivity index (χ4n) is 1.36. The third kappa shape index (κ3) is 2.62. The number of aliphatic hydroxyl groups excluding tert-OH is 3. The number of hydrogen-bond acceptors (Lipinski definition) is 5. The minimum Gasteiger partial charge on any atom is -0.394 e.